The zero-order valence-electron chi connectivity index (χ0n) is 12.8. The van der Waals surface area contributed by atoms with E-state index < -0.39 is 10.0 Å². The Labute approximate surface area is 127 Å². The van der Waals surface area contributed by atoms with Gasteiger partial charge in [-0.25, -0.2) is 13.1 Å². The predicted molar refractivity (Wildman–Crippen MR) is 85.8 cm³/mol. The van der Waals surface area contributed by atoms with Gasteiger partial charge in [0, 0.05) is 6.04 Å². The summed E-state index contributed by atoms with van der Waals surface area (Å²) in [6, 6.07) is 12.8. The number of hydrogen-bond donors (Lipinski definition) is 1. The molecule has 4 heteroatoms. The van der Waals surface area contributed by atoms with Crippen LogP contribution in [0.5, 0.6) is 0 Å². The molecule has 0 heterocycles. The van der Waals surface area contributed by atoms with E-state index in [-0.39, 0.29) is 6.04 Å². The minimum Gasteiger partial charge on any atom is -0.207 e. The van der Waals surface area contributed by atoms with Crippen LogP contribution in [0.1, 0.15) is 35.2 Å². The van der Waals surface area contributed by atoms with E-state index in [4.69, 9.17) is 0 Å². The van der Waals surface area contributed by atoms with Crippen LogP contribution < -0.4 is 4.72 Å². The van der Waals surface area contributed by atoms with E-state index >= 15 is 0 Å². The molecule has 2 rings (SSSR count). The first-order chi connectivity index (χ1) is 9.81. The molecular formula is C17H21NO2S. The Balaban J connectivity index is 2.30. The van der Waals surface area contributed by atoms with Crippen molar-refractivity contribution in [2.75, 3.05) is 0 Å². The lowest BCUT2D eigenvalue weighted by atomic mass is 10.0. The van der Waals surface area contributed by atoms with Gasteiger partial charge < -0.3 is 0 Å². The molecule has 0 aromatic heterocycles. The summed E-state index contributed by atoms with van der Waals surface area (Å²) in [6.45, 7) is 7.70. The van der Waals surface area contributed by atoms with Crippen LogP contribution >= 0.6 is 0 Å². The van der Waals surface area contributed by atoms with Gasteiger partial charge in [-0.15, -0.1) is 0 Å². The third kappa shape index (κ3) is 3.52. The lowest BCUT2D eigenvalue weighted by Gasteiger charge is -2.18. The molecule has 0 spiro atoms. The molecule has 0 saturated heterocycles. The van der Waals surface area contributed by atoms with Gasteiger partial charge >= 0.3 is 0 Å². The topological polar surface area (TPSA) is 46.2 Å². The predicted octanol–water partition coefficient (Wildman–Crippen LogP) is 3.65. The molecule has 0 amide bonds. The van der Waals surface area contributed by atoms with Crippen LogP contribution in [0.3, 0.4) is 0 Å². The van der Waals surface area contributed by atoms with Crippen LogP contribution in [0.25, 0.3) is 0 Å². The Kier molecular flexibility index (Phi) is 4.49. The third-order valence-corrected chi connectivity index (χ3v) is 5.31. The number of nitrogens with one attached hydrogen (secondary N) is 1. The molecular weight excluding hydrogens is 282 g/mol. The van der Waals surface area contributed by atoms with Gasteiger partial charge in [0.2, 0.25) is 10.0 Å². The summed E-state index contributed by atoms with van der Waals surface area (Å²) < 4.78 is 27.8. The first-order valence-electron chi connectivity index (χ1n) is 6.96. The summed E-state index contributed by atoms with van der Waals surface area (Å²) >= 11 is 0. The molecule has 2 aromatic carbocycles. The largest absolute Gasteiger partial charge is 0.241 e. The van der Waals surface area contributed by atoms with E-state index in [1.807, 2.05) is 39.0 Å². The highest BCUT2D eigenvalue weighted by molar-refractivity contribution is 7.89. The van der Waals surface area contributed by atoms with Crippen molar-refractivity contribution in [2.24, 2.45) is 0 Å². The summed E-state index contributed by atoms with van der Waals surface area (Å²) in [6.07, 6.45) is 0. The zero-order chi connectivity index (χ0) is 15.6. The SMILES string of the molecule is Cc1ccc(C(C)NS(=O)(=O)c2ccccc2C)c(C)c1. The molecule has 2 aromatic rings. The van der Waals surface area contributed by atoms with Gasteiger partial charge in [-0.1, -0.05) is 42.0 Å². The van der Waals surface area contributed by atoms with Gasteiger partial charge in [0.25, 0.3) is 0 Å². The van der Waals surface area contributed by atoms with Crippen LogP contribution in [0.2, 0.25) is 0 Å². The van der Waals surface area contributed by atoms with Crippen LogP contribution in [0.4, 0.5) is 0 Å². The van der Waals surface area contributed by atoms with Crippen molar-refractivity contribution in [3.05, 3.63) is 64.7 Å². The molecule has 1 atom stereocenters. The summed E-state index contributed by atoms with van der Waals surface area (Å²) in [5, 5.41) is 0. The standard InChI is InChI=1S/C17H21NO2S/c1-12-9-10-16(14(3)11-12)15(4)18-21(19,20)17-8-6-5-7-13(17)2/h5-11,15,18H,1-4H3. The Morgan fingerprint density at radius 3 is 2.24 bits per heavy atom. The quantitative estimate of drug-likeness (QED) is 0.937. The van der Waals surface area contributed by atoms with Gasteiger partial charge in [0.05, 0.1) is 4.90 Å². The molecule has 3 nitrogen and oxygen atoms in total. The van der Waals surface area contributed by atoms with Crippen LogP contribution in [0, 0.1) is 20.8 Å². The second kappa shape index (κ2) is 6.00. The maximum atomic E-state index is 12.5. The van der Waals surface area contributed by atoms with Crippen molar-refractivity contribution < 1.29 is 8.42 Å². The van der Waals surface area contributed by atoms with E-state index in [2.05, 4.69) is 10.8 Å². The Bertz CT molecular complexity index is 751. The normalized spacial score (nSPS) is 13.1. The summed E-state index contributed by atoms with van der Waals surface area (Å²) in [4.78, 5) is 0.335. The number of aryl methyl sites for hydroxylation is 3. The monoisotopic (exact) mass is 303 g/mol. The minimum absolute atomic E-state index is 0.268. The molecule has 0 aliphatic rings. The van der Waals surface area contributed by atoms with Crippen LogP contribution in [-0.4, -0.2) is 8.42 Å². The van der Waals surface area contributed by atoms with E-state index in [0.717, 1.165) is 16.7 Å². The smallest absolute Gasteiger partial charge is 0.207 e. The van der Waals surface area contributed by atoms with Gasteiger partial charge in [-0.3, -0.25) is 0 Å². The average Bonchev–Trinajstić information content (AvgIpc) is 2.38. The maximum absolute atomic E-state index is 12.5. The molecule has 0 saturated carbocycles. The maximum Gasteiger partial charge on any atom is 0.241 e. The van der Waals surface area contributed by atoms with Crippen molar-refractivity contribution in [1.82, 2.24) is 4.72 Å². The van der Waals surface area contributed by atoms with E-state index in [9.17, 15) is 8.42 Å². The molecule has 0 bridgehead atoms. The van der Waals surface area contributed by atoms with Gasteiger partial charge in [0.1, 0.15) is 0 Å². The fourth-order valence-corrected chi connectivity index (χ4v) is 4.00. The number of rotatable bonds is 4. The molecule has 0 aliphatic heterocycles. The van der Waals surface area contributed by atoms with Gasteiger partial charge in [-0.05, 0) is 50.5 Å². The Morgan fingerprint density at radius 1 is 0.952 bits per heavy atom. The van der Waals surface area contributed by atoms with E-state index in [1.54, 1.807) is 25.1 Å². The number of benzene rings is 2. The third-order valence-electron chi connectivity index (χ3n) is 3.61. The Morgan fingerprint density at radius 2 is 1.62 bits per heavy atom. The van der Waals surface area contributed by atoms with Crippen molar-refractivity contribution >= 4 is 10.0 Å². The Hall–Kier alpha value is -1.65. The fourth-order valence-electron chi connectivity index (χ4n) is 2.53. The molecule has 112 valence electrons. The molecule has 21 heavy (non-hydrogen) atoms. The highest BCUT2D eigenvalue weighted by Gasteiger charge is 2.20. The molecule has 0 aliphatic carbocycles. The van der Waals surface area contributed by atoms with Crippen molar-refractivity contribution in [3.63, 3.8) is 0 Å². The second-order valence-electron chi connectivity index (χ2n) is 5.47. The lowest BCUT2D eigenvalue weighted by molar-refractivity contribution is 0.566. The highest BCUT2D eigenvalue weighted by atomic mass is 32.2. The van der Waals surface area contributed by atoms with Crippen molar-refractivity contribution in [2.45, 2.75) is 38.6 Å². The average molecular weight is 303 g/mol. The van der Waals surface area contributed by atoms with Crippen LogP contribution in [-0.2, 0) is 10.0 Å². The summed E-state index contributed by atoms with van der Waals surface area (Å²) in [5.74, 6) is 0. The molecule has 0 fully saturated rings. The minimum atomic E-state index is -3.52. The first-order valence-corrected chi connectivity index (χ1v) is 8.44. The van der Waals surface area contributed by atoms with Gasteiger partial charge in [-0.2, -0.15) is 0 Å². The number of sulfonamides is 1. The number of hydrogen-bond acceptors (Lipinski definition) is 2. The van der Waals surface area contributed by atoms with Crippen molar-refractivity contribution in [1.29, 1.82) is 0 Å². The van der Waals surface area contributed by atoms with E-state index in [0.29, 0.717) is 4.90 Å². The van der Waals surface area contributed by atoms with Crippen LogP contribution in [0.15, 0.2) is 47.4 Å². The second-order valence-corrected chi connectivity index (χ2v) is 7.15. The first kappa shape index (κ1) is 15.7. The zero-order valence-corrected chi connectivity index (χ0v) is 13.7. The fraction of sp³-hybridized carbons (Fsp3) is 0.294. The van der Waals surface area contributed by atoms with Gasteiger partial charge in [0.15, 0.2) is 0 Å². The molecule has 1 unspecified atom stereocenters. The molecule has 0 radical (unpaired) electrons. The molecule has 1 N–H and O–H groups in total. The van der Waals surface area contributed by atoms with Crippen molar-refractivity contribution in [3.8, 4) is 0 Å². The van der Waals surface area contributed by atoms with E-state index in [1.165, 1.54) is 5.56 Å². The lowest BCUT2D eigenvalue weighted by Crippen LogP contribution is -2.27. The summed E-state index contributed by atoms with van der Waals surface area (Å²) in [7, 11) is -3.52. The highest BCUT2D eigenvalue weighted by Crippen LogP contribution is 2.22. The summed E-state index contributed by atoms with van der Waals surface area (Å²) in [5.41, 5.74) is 4.01.